The number of para-hydroxylation sites is 1. The molecule has 48 nitrogen and oxygen atoms in total. The van der Waals surface area contributed by atoms with Crippen molar-refractivity contribution in [1.29, 1.82) is 5.41 Å². The maximum absolute atomic E-state index is 15.3. The summed E-state index contributed by atoms with van der Waals surface area (Å²) in [5.41, 5.74) is 37.3. The standard InChI is InChI=1S/C93H144N26O22/c1-48(2)39-65(114-90(138)75(53(8)122)117-80(128)63(33-20-23-37-96)108-82(130)66(40-55-25-12-10-13-26-55)110-83(131)67(41-56-27-14-11-15-28-56)115-88(136)73(49(3)4)116-87(135)72(98)51(6)120)81(129)109-64(34-24-38-102-93(99)100)78(126)113-70(44-71(97)124)86(134)112-69(43-58-46-101-47-104-58)85(133)111-68(42-57-45-103-60-30-17-16-29-59(57)60)84(132)107-61(31-18-21-35-94)77(125)106-62(32-19-22-36-95)79(127)118-76(54(9)123)91(139)119-74(52(7)121)89(137)105-50(5)92(140)141/h10-17,25-30,45-54,61-70,72-76,103,120-123H,18-24,31-44,94-96,98H2,1-9H3,(H2,97,124)(H,101,104)(H,105,137)(H,106,125)(H,107,132)(H,108,130)(H,109,129)(H,110,131)(H,111,133)(H,112,134)(H,113,126)(H,114,138)(H,115,136)(H,116,135)(H,117,128)(H,118,127)(H,119,139)(H,140,141)(H4,99,100,102)/t50-,51+,52+,53+,54+,61-,62-,63-,64-,65-,66-,67-,68-,69-,70-,72-,73-,74-,75-,76-/m0/s1. The normalized spacial score (nSPS) is 15.6. The van der Waals surface area contributed by atoms with Crippen LogP contribution in [0.2, 0.25) is 0 Å². The van der Waals surface area contributed by atoms with Crippen LogP contribution in [0.4, 0.5) is 0 Å². The molecule has 0 bridgehead atoms. The molecule has 5 aromatic rings. The third-order valence-electron chi connectivity index (χ3n) is 22.9. The van der Waals surface area contributed by atoms with Crippen molar-refractivity contribution < 1.29 is 107 Å². The summed E-state index contributed by atoms with van der Waals surface area (Å²) in [6.45, 7) is 12.7. The summed E-state index contributed by atoms with van der Waals surface area (Å²) in [5.74, 6) is -19.6. The summed E-state index contributed by atoms with van der Waals surface area (Å²) in [7, 11) is 0. The van der Waals surface area contributed by atoms with Crippen molar-refractivity contribution in [1.82, 2.24) is 100 Å². The van der Waals surface area contributed by atoms with Gasteiger partial charge < -0.3 is 155 Å². The number of carboxylic acids is 1. The molecule has 16 amide bonds. The fourth-order valence-corrected chi connectivity index (χ4v) is 14.9. The Bertz CT molecular complexity index is 4930. The number of guanidine groups is 1. The highest BCUT2D eigenvalue weighted by Crippen LogP contribution is 2.22. The van der Waals surface area contributed by atoms with Crippen LogP contribution in [0.5, 0.6) is 0 Å². The number of aliphatic hydroxyl groups excluding tert-OH is 4. The molecule has 0 aliphatic carbocycles. The maximum atomic E-state index is 15.3. The number of nitrogens with zero attached hydrogens (tertiary/aromatic N) is 1. The number of amides is 16. The van der Waals surface area contributed by atoms with E-state index in [1.165, 1.54) is 19.4 Å². The van der Waals surface area contributed by atoms with Crippen molar-refractivity contribution >= 4 is 117 Å². The minimum atomic E-state index is -1.99. The van der Waals surface area contributed by atoms with E-state index in [0.29, 0.717) is 46.9 Å². The largest absolute Gasteiger partial charge is 0.480 e. The summed E-state index contributed by atoms with van der Waals surface area (Å²) >= 11 is 0. The van der Waals surface area contributed by atoms with Gasteiger partial charge in [0.25, 0.3) is 0 Å². The Labute approximate surface area is 817 Å². The molecule has 0 spiro atoms. The molecule has 36 N–H and O–H groups in total. The lowest BCUT2D eigenvalue weighted by molar-refractivity contribution is -0.142. The summed E-state index contributed by atoms with van der Waals surface area (Å²) in [4.78, 5) is 253. The number of carbonyl (C=O) groups is 17. The van der Waals surface area contributed by atoms with Gasteiger partial charge in [-0.25, -0.2) is 4.98 Å². The van der Waals surface area contributed by atoms with Gasteiger partial charge in [-0.05, 0) is 166 Å². The average Bonchev–Trinajstić information content (AvgIpc) is 1.67. The number of nitrogens with one attached hydrogen (secondary N) is 19. The Morgan fingerprint density at radius 2 is 0.723 bits per heavy atom. The zero-order chi connectivity index (χ0) is 105. The van der Waals surface area contributed by atoms with Gasteiger partial charge in [-0.15, -0.1) is 0 Å². The molecular formula is C93H144N26O22. The number of hydrogen-bond donors (Lipinski definition) is 30. The van der Waals surface area contributed by atoms with E-state index in [9.17, 15) is 87.9 Å². The maximum Gasteiger partial charge on any atom is 0.325 e. The van der Waals surface area contributed by atoms with Gasteiger partial charge in [-0.2, -0.15) is 0 Å². The Kier molecular flexibility index (Phi) is 50.4. The number of benzene rings is 3. The molecule has 778 valence electrons. The quantitative estimate of drug-likeness (QED) is 0.00978. The first kappa shape index (κ1) is 118. The zero-order valence-electron chi connectivity index (χ0n) is 81.0. The topological polar surface area (TPSA) is 808 Å². The molecule has 20 atom stereocenters. The number of carbonyl (C=O) groups excluding carboxylic acids is 16. The summed E-state index contributed by atoms with van der Waals surface area (Å²) < 4.78 is 0. The SMILES string of the molecule is CC(C)C[C@H](NC(=O)[C@@H](NC(=O)[C@H](CCCCN)NC(=O)[C@H](Cc1ccccc1)NC(=O)[C@H](Cc1ccccc1)NC(=O)[C@@H](NC(=O)[C@@H](N)[C@@H](C)O)C(C)C)[C@@H](C)O)C(=O)N[C@@H](CCCNC(=N)N)C(=O)N[C@@H](CC(N)=O)C(=O)N[C@@H](Cc1cnc[nH]1)C(=O)N[C@@H](Cc1c[nH]c2ccccc12)C(=O)N[C@@H](CCCCN)C(=O)N[C@@H](CCCCN)C(=O)N[C@H](C(=O)N[C@H](C(=O)N[C@@H](C)C(=O)O)[C@@H](C)O)[C@@H](C)O. The number of carboxylic acid groups (broad SMARTS) is 1. The second kappa shape index (κ2) is 60.4. The van der Waals surface area contributed by atoms with E-state index in [0.717, 1.165) is 27.7 Å². The number of unbranched alkanes of at least 4 members (excludes halogenated alkanes) is 3. The van der Waals surface area contributed by atoms with E-state index in [-0.39, 0.29) is 109 Å². The number of rotatable bonds is 64. The van der Waals surface area contributed by atoms with Gasteiger partial charge in [0.1, 0.15) is 96.7 Å². The molecular weight excluding hydrogens is 1830 g/mol. The summed E-state index contributed by atoms with van der Waals surface area (Å²) in [5, 5.41) is 101. The van der Waals surface area contributed by atoms with Crippen molar-refractivity contribution in [2.24, 2.45) is 46.2 Å². The first-order valence-electron chi connectivity index (χ1n) is 47.1. The highest BCUT2D eigenvalue weighted by Gasteiger charge is 2.42. The molecule has 0 aliphatic rings. The van der Waals surface area contributed by atoms with Crippen molar-refractivity contribution in [3.8, 4) is 0 Å². The molecule has 0 aliphatic heterocycles. The fourth-order valence-electron chi connectivity index (χ4n) is 14.9. The van der Waals surface area contributed by atoms with E-state index in [1.54, 1.807) is 119 Å². The van der Waals surface area contributed by atoms with Gasteiger partial charge in [0.2, 0.25) is 94.5 Å². The monoisotopic (exact) mass is 1980 g/mol. The van der Waals surface area contributed by atoms with Crippen LogP contribution in [0.25, 0.3) is 10.9 Å². The number of aromatic amines is 2. The van der Waals surface area contributed by atoms with E-state index >= 15 is 19.2 Å². The smallest absolute Gasteiger partial charge is 0.325 e. The van der Waals surface area contributed by atoms with Crippen LogP contribution in [0.15, 0.2) is 104 Å². The van der Waals surface area contributed by atoms with Crippen molar-refractivity contribution in [3.05, 3.63) is 126 Å². The van der Waals surface area contributed by atoms with Crippen LogP contribution in [0.1, 0.15) is 168 Å². The number of aliphatic carboxylic acids is 1. The van der Waals surface area contributed by atoms with Crippen LogP contribution in [0.3, 0.4) is 0 Å². The van der Waals surface area contributed by atoms with Gasteiger partial charge in [0.15, 0.2) is 5.96 Å². The van der Waals surface area contributed by atoms with E-state index < -0.39 is 252 Å². The first-order chi connectivity index (χ1) is 66.8. The number of hydrogen-bond acceptors (Lipinski definition) is 27. The van der Waals surface area contributed by atoms with Crippen molar-refractivity contribution in [2.45, 2.75) is 293 Å². The highest BCUT2D eigenvalue weighted by atomic mass is 16.4. The van der Waals surface area contributed by atoms with Crippen molar-refractivity contribution in [2.75, 3.05) is 26.2 Å². The number of H-pyrrole nitrogens is 2. The lowest BCUT2D eigenvalue weighted by Crippen LogP contribution is -2.63. The minimum absolute atomic E-state index is 0.0576. The van der Waals surface area contributed by atoms with Gasteiger partial charge >= 0.3 is 5.97 Å². The first-order valence-corrected chi connectivity index (χ1v) is 47.1. The molecule has 0 fully saturated rings. The third-order valence-corrected chi connectivity index (χ3v) is 22.9. The Morgan fingerprint density at radius 1 is 0.376 bits per heavy atom. The van der Waals surface area contributed by atoms with Crippen LogP contribution >= 0.6 is 0 Å². The number of aromatic nitrogens is 3. The number of nitrogens with two attached hydrogens (primary N) is 6. The number of fused-ring (bicyclic) bond motifs is 1. The molecule has 141 heavy (non-hydrogen) atoms. The predicted molar refractivity (Wildman–Crippen MR) is 518 cm³/mol. The number of aliphatic hydroxyl groups is 4. The van der Waals surface area contributed by atoms with Crippen LogP contribution in [-0.4, -0.2) is 294 Å². The molecule has 2 aromatic heterocycles. The Morgan fingerprint density at radius 3 is 1.13 bits per heavy atom. The Hall–Kier alpha value is -13.6. The second-order valence-corrected chi connectivity index (χ2v) is 35.7. The molecule has 2 heterocycles. The minimum Gasteiger partial charge on any atom is -0.480 e. The molecule has 0 saturated carbocycles. The lowest BCUT2D eigenvalue weighted by Gasteiger charge is -2.30. The molecule has 0 saturated heterocycles. The number of primary amides is 1. The molecule has 0 radical (unpaired) electrons. The highest BCUT2D eigenvalue weighted by molar-refractivity contribution is 6.02. The fraction of sp³-hybridized carbons (Fsp3) is 0.559. The molecule has 3 aromatic carbocycles. The predicted octanol–water partition coefficient (Wildman–Crippen LogP) is -6.38. The van der Waals surface area contributed by atoms with Crippen LogP contribution < -0.4 is 119 Å². The average molecular weight is 1980 g/mol. The van der Waals surface area contributed by atoms with E-state index in [1.807, 2.05) is 0 Å². The van der Waals surface area contributed by atoms with Crippen LogP contribution in [-0.2, 0) is 107 Å². The van der Waals surface area contributed by atoms with Crippen LogP contribution in [0, 0.1) is 17.2 Å². The summed E-state index contributed by atoms with van der Waals surface area (Å²) in [6.07, 6.45) is -3.83. The molecule has 5 rings (SSSR count). The lowest BCUT2D eigenvalue weighted by atomic mass is 9.99. The van der Waals surface area contributed by atoms with Gasteiger partial charge in [0, 0.05) is 61.2 Å². The van der Waals surface area contributed by atoms with Gasteiger partial charge in [-0.1, -0.05) is 107 Å². The second-order valence-electron chi connectivity index (χ2n) is 35.7. The zero-order valence-corrected chi connectivity index (χ0v) is 81.0. The van der Waals surface area contributed by atoms with Gasteiger partial charge in [-0.3, -0.25) is 86.9 Å². The van der Waals surface area contributed by atoms with Gasteiger partial charge in [0.05, 0.1) is 37.2 Å². The number of imidazole rings is 1. The Balaban J connectivity index is 1.46. The molecule has 48 heteroatoms. The van der Waals surface area contributed by atoms with Crippen molar-refractivity contribution in [3.63, 3.8) is 0 Å². The van der Waals surface area contributed by atoms with E-state index in [4.69, 9.17) is 39.8 Å². The third kappa shape index (κ3) is 40.6. The van der Waals surface area contributed by atoms with E-state index in [2.05, 4.69) is 100 Å². The molecule has 0 unspecified atom stereocenters. The summed E-state index contributed by atoms with van der Waals surface area (Å²) in [6, 6.07) is -2.09.